The van der Waals surface area contributed by atoms with Crippen LogP contribution in [0.1, 0.15) is 17.2 Å². The van der Waals surface area contributed by atoms with Crippen molar-refractivity contribution in [2.45, 2.75) is 18.9 Å². The van der Waals surface area contributed by atoms with Crippen LogP contribution < -0.4 is 4.74 Å². The topological polar surface area (TPSA) is 47.3 Å². The number of nitrogens with zero attached hydrogens (tertiary/aromatic N) is 2. The molecule has 7 heteroatoms. The van der Waals surface area contributed by atoms with Crippen molar-refractivity contribution < 1.29 is 23.0 Å². The van der Waals surface area contributed by atoms with Crippen LogP contribution in [-0.2, 0) is 13.5 Å². The quantitative estimate of drug-likeness (QED) is 0.939. The summed E-state index contributed by atoms with van der Waals surface area (Å²) in [7, 11) is 1.74. The molecule has 20 heavy (non-hydrogen) atoms. The van der Waals surface area contributed by atoms with Crippen molar-refractivity contribution in [2.75, 3.05) is 0 Å². The van der Waals surface area contributed by atoms with Crippen molar-refractivity contribution in [3.63, 3.8) is 0 Å². The summed E-state index contributed by atoms with van der Waals surface area (Å²) >= 11 is 0. The first-order valence-electron chi connectivity index (χ1n) is 5.85. The summed E-state index contributed by atoms with van der Waals surface area (Å²) in [5.41, 5.74) is 1.36. The van der Waals surface area contributed by atoms with Crippen molar-refractivity contribution in [3.8, 4) is 5.75 Å². The molecule has 1 aromatic carbocycles. The fourth-order valence-electron chi connectivity index (χ4n) is 1.78. The summed E-state index contributed by atoms with van der Waals surface area (Å²) in [6.07, 6.45) is -1.93. The van der Waals surface area contributed by atoms with E-state index >= 15 is 0 Å². The minimum atomic E-state index is -4.70. The predicted octanol–water partition coefficient (Wildman–Crippen LogP) is 2.59. The second kappa shape index (κ2) is 5.54. The highest BCUT2D eigenvalue weighted by molar-refractivity contribution is 5.28. The van der Waals surface area contributed by atoms with Gasteiger partial charge in [0, 0.05) is 25.2 Å². The van der Waals surface area contributed by atoms with E-state index in [9.17, 15) is 18.3 Å². The Morgan fingerprint density at radius 1 is 1.30 bits per heavy atom. The third-order valence-electron chi connectivity index (χ3n) is 2.70. The highest BCUT2D eigenvalue weighted by Gasteiger charge is 2.30. The van der Waals surface area contributed by atoms with Gasteiger partial charge in [0.25, 0.3) is 0 Å². The molecule has 0 aliphatic rings. The van der Waals surface area contributed by atoms with Gasteiger partial charge in [-0.25, -0.2) is 0 Å². The van der Waals surface area contributed by atoms with Gasteiger partial charge >= 0.3 is 6.36 Å². The maximum Gasteiger partial charge on any atom is 0.573 e. The summed E-state index contributed by atoms with van der Waals surface area (Å²) < 4.78 is 41.4. The highest BCUT2D eigenvalue weighted by atomic mass is 19.4. The summed E-state index contributed by atoms with van der Waals surface area (Å²) in [6.45, 7) is 0. The van der Waals surface area contributed by atoms with E-state index < -0.39 is 12.5 Å². The average molecular weight is 286 g/mol. The lowest BCUT2D eigenvalue weighted by Crippen LogP contribution is -2.17. The Hall–Kier alpha value is -2.02. The second-order valence-electron chi connectivity index (χ2n) is 4.36. The molecule has 2 rings (SSSR count). The van der Waals surface area contributed by atoms with Crippen LogP contribution in [0.5, 0.6) is 5.75 Å². The maximum atomic E-state index is 12.0. The third kappa shape index (κ3) is 3.99. The minimum Gasteiger partial charge on any atom is -0.406 e. The number of ether oxygens (including phenoxy) is 1. The van der Waals surface area contributed by atoms with Crippen molar-refractivity contribution in [1.82, 2.24) is 9.78 Å². The monoisotopic (exact) mass is 286 g/mol. The molecule has 0 amide bonds. The highest BCUT2D eigenvalue weighted by Crippen LogP contribution is 2.24. The van der Waals surface area contributed by atoms with E-state index in [0.29, 0.717) is 11.1 Å². The molecule has 108 valence electrons. The molecule has 0 aliphatic carbocycles. The number of aliphatic hydroxyl groups is 1. The van der Waals surface area contributed by atoms with Crippen LogP contribution in [-0.4, -0.2) is 21.2 Å². The first-order valence-corrected chi connectivity index (χ1v) is 5.85. The Morgan fingerprint density at radius 3 is 2.45 bits per heavy atom. The number of hydrogen-bond acceptors (Lipinski definition) is 3. The summed E-state index contributed by atoms with van der Waals surface area (Å²) in [6, 6.07) is 5.42. The molecule has 0 saturated carbocycles. The lowest BCUT2D eigenvalue weighted by molar-refractivity contribution is -0.274. The van der Waals surface area contributed by atoms with E-state index in [1.807, 2.05) is 0 Å². The van der Waals surface area contributed by atoms with E-state index in [-0.39, 0.29) is 12.2 Å². The number of hydrogen-bond donors (Lipinski definition) is 1. The Bertz CT molecular complexity index is 564. The number of rotatable bonds is 4. The van der Waals surface area contributed by atoms with Crippen LogP contribution in [0.4, 0.5) is 13.2 Å². The Labute approximate surface area is 113 Å². The number of halogens is 3. The molecule has 0 bridgehead atoms. The van der Waals surface area contributed by atoms with E-state index in [2.05, 4.69) is 9.84 Å². The summed E-state index contributed by atoms with van der Waals surface area (Å²) in [5.74, 6) is -0.280. The van der Waals surface area contributed by atoms with Gasteiger partial charge < -0.3 is 9.84 Å². The van der Waals surface area contributed by atoms with E-state index in [1.165, 1.54) is 24.3 Å². The zero-order chi connectivity index (χ0) is 14.8. The number of aliphatic hydroxyl groups excluding tert-OH is 1. The molecule has 4 nitrogen and oxygen atoms in total. The summed E-state index contributed by atoms with van der Waals surface area (Å²) in [4.78, 5) is 0. The lowest BCUT2D eigenvalue weighted by Gasteiger charge is -2.11. The van der Waals surface area contributed by atoms with Crippen LogP contribution in [0, 0.1) is 0 Å². The zero-order valence-corrected chi connectivity index (χ0v) is 10.6. The normalized spacial score (nSPS) is 13.2. The van der Waals surface area contributed by atoms with E-state index in [1.54, 1.807) is 24.1 Å². The Kier molecular flexibility index (Phi) is 3.99. The van der Waals surface area contributed by atoms with Gasteiger partial charge in [-0.1, -0.05) is 12.1 Å². The van der Waals surface area contributed by atoms with Crippen LogP contribution in [0.25, 0.3) is 0 Å². The van der Waals surface area contributed by atoms with Gasteiger partial charge in [-0.05, 0) is 17.7 Å². The van der Waals surface area contributed by atoms with Crippen LogP contribution in [0.3, 0.4) is 0 Å². The first kappa shape index (κ1) is 14.4. The standard InChI is InChI=1S/C13H13F3N2O2/c1-18-8-10(7-17-18)12(19)6-9-2-4-11(5-3-9)20-13(14,15)16/h2-5,7-8,12,19H,6H2,1H3. The number of benzene rings is 1. The fraction of sp³-hybridized carbons (Fsp3) is 0.308. The SMILES string of the molecule is Cn1cc(C(O)Cc2ccc(OC(F)(F)F)cc2)cn1. The van der Waals surface area contributed by atoms with Gasteiger partial charge in [-0.15, -0.1) is 13.2 Å². The number of aromatic nitrogens is 2. The van der Waals surface area contributed by atoms with Crippen LogP contribution in [0.15, 0.2) is 36.7 Å². The molecular weight excluding hydrogens is 273 g/mol. The maximum absolute atomic E-state index is 12.0. The molecule has 0 radical (unpaired) electrons. The van der Waals surface area contributed by atoms with Crippen LogP contribution in [0.2, 0.25) is 0 Å². The second-order valence-corrected chi connectivity index (χ2v) is 4.36. The molecule has 1 N–H and O–H groups in total. The molecule has 1 atom stereocenters. The largest absolute Gasteiger partial charge is 0.573 e. The number of aryl methyl sites for hydroxylation is 1. The van der Waals surface area contributed by atoms with Crippen molar-refractivity contribution in [2.24, 2.45) is 7.05 Å². The van der Waals surface area contributed by atoms with Crippen molar-refractivity contribution >= 4 is 0 Å². The lowest BCUT2D eigenvalue weighted by atomic mass is 10.0. The number of alkyl halides is 3. The molecular formula is C13H13F3N2O2. The molecule has 0 fully saturated rings. The Balaban J connectivity index is 2.00. The van der Waals surface area contributed by atoms with Gasteiger partial charge in [0.2, 0.25) is 0 Å². The van der Waals surface area contributed by atoms with Gasteiger partial charge in [0.15, 0.2) is 0 Å². The summed E-state index contributed by atoms with van der Waals surface area (Å²) in [5, 5.41) is 13.9. The average Bonchev–Trinajstić information content (AvgIpc) is 2.77. The van der Waals surface area contributed by atoms with Crippen molar-refractivity contribution in [3.05, 3.63) is 47.8 Å². The van der Waals surface area contributed by atoms with Crippen molar-refractivity contribution in [1.29, 1.82) is 0 Å². The van der Waals surface area contributed by atoms with E-state index in [4.69, 9.17) is 0 Å². The Morgan fingerprint density at radius 2 is 1.95 bits per heavy atom. The predicted molar refractivity (Wildman–Crippen MR) is 65.0 cm³/mol. The molecule has 0 spiro atoms. The molecule has 0 aliphatic heterocycles. The van der Waals surface area contributed by atoms with Gasteiger partial charge in [0.1, 0.15) is 5.75 Å². The smallest absolute Gasteiger partial charge is 0.406 e. The molecule has 1 unspecified atom stereocenters. The molecule has 0 saturated heterocycles. The molecule has 1 heterocycles. The third-order valence-corrected chi connectivity index (χ3v) is 2.70. The zero-order valence-electron chi connectivity index (χ0n) is 10.6. The van der Waals surface area contributed by atoms with E-state index in [0.717, 1.165) is 0 Å². The molecule has 2 aromatic rings. The minimum absolute atomic E-state index is 0.280. The van der Waals surface area contributed by atoms with Gasteiger partial charge in [-0.2, -0.15) is 5.10 Å². The van der Waals surface area contributed by atoms with Crippen LogP contribution >= 0.6 is 0 Å². The van der Waals surface area contributed by atoms with Gasteiger partial charge in [-0.3, -0.25) is 4.68 Å². The van der Waals surface area contributed by atoms with Gasteiger partial charge in [0.05, 0.1) is 12.3 Å². The molecule has 1 aromatic heterocycles. The first-order chi connectivity index (χ1) is 9.33. The fourth-order valence-corrected chi connectivity index (χ4v) is 1.78.